The molecule has 3 aromatic rings. The number of hydrogen-bond donors (Lipinski definition) is 2. The number of nitrogens with zero attached hydrogens (tertiary/aromatic N) is 2. The van der Waals surface area contributed by atoms with E-state index in [9.17, 15) is 4.79 Å². The smallest absolute Gasteiger partial charge is 0.254 e. The lowest BCUT2D eigenvalue weighted by Gasteiger charge is -2.25. The molecule has 5 heteroatoms. The van der Waals surface area contributed by atoms with Crippen LogP contribution in [0.5, 0.6) is 0 Å². The number of amides is 1. The largest absolute Gasteiger partial charge is 0.341 e. The number of carbonyl (C=O) groups excluding carboxylic acids is 1. The van der Waals surface area contributed by atoms with Gasteiger partial charge in [-0.05, 0) is 37.6 Å². The molecule has 0 bridgehead atoms. The van der Waals surface area contributed by atoms with Gasteiger partial charge in [-0.25, -0.2) is 5.43 Å². The second-order valence-corrected chi connectivity index (χ2v) is 7.69. The molecule has 2 heterocycles. The number of pyridine rings is 1. The normalized spacial score (nSPS) is 19.1. The summed E-state index contributed by atoms with van der Waals surface area (Å²) in [5.74, 6) is 0.340. The SMILES string of the molecule is Cc1ccc2nc(C)cc(C(=O)N(C)CC3CNNC3c3ccccc3)c2c1. The summed E-state index contributed by atoms with van der Waals surface area (Å²) in [6.45, 7) is 5.48. The Balaban J connectivity index is 1.59. The number of nitrogens with one attached hydrogen (secondary N) is 2. The van der Waals surface area contributed by atoms with Crippen molar-refractivity contribution >= 4 is 16.8 Å². The minimum atomic E-state index is 0.0415. The number of carbonyl (C=O) groups is 1. The van der Waals surface area contributed by atoms with Gasteiger partial charge in [0.05, 0.1) is 17.1 Å². The van der Waals surface area contributed by atoms with Gasteiger partial charge in [-0.15, -0.1) is 0 Å². The van der Waals surface area contributed by atoms with Gasteiger partial charge < -0.3 is 4.90 Å². The number of aromatic nitrogens is 1. The van der Waals surface area contributed by atoms with E-state index in [1.54, 1.807) is 0 Å². The van der Waals surface area contributed by atoms with Crippen LogP contribution in [0, 0.1) is 19.8 Å². The minimum absolute atomic E-state index is 0.0415. The Kier molecular flexibility index (Phi) is 5.11. The van der Waals surface area contributed by atoms with Crippen molar-refractivity contribution in [3.63, 3.8) is 0 Å². The van der Waals surface area contributed by atoms with Gasteiger partial charge in [0.25, 0.3) is 5.91 Å². The van der Waals surface area contributed by atoms with Gasteiger partial charge in [-0.3, -0.25) is 15.2 Å². The number of rotatable bonds is 4. The Hall–Kier alpha value is -2.76. The third kappa shape index (κ3) is 3.63. The van der Waals surface area contributed by atoms with E-state index in [2.05, 4.69) is 40.1 Å². The highest BCUT2D eigenvalue weighted by Crippen LogP contribution is 2.27. The molecule has 4 rings (SSSR count). The van der Waals surface area contributed by atoms with E-state index in [0.717, 1.165) is 34.3 Å². The lowest BCUT2D eigenvalue weighted by molar-refractivity contribution is 0.0773. The highest BCUT2D eigenvalue weighted by Gasteiger charge is 2.30. The first-order chi connectivity index (χ1) is 13.5. The van der Waals surface area contributed by atoms with Crippen LogP contribution in [0.3, 0.4) is 0 Å². The van der Waals surface area contributed by atoms with Crippen molar-refractivity contribution in [2.45, 2.75) is 19.9 Å². The van der Waals surface area contributed by atoms with Gasteiger partial charge in [0, 0.05) is 37.1 Å². The average molecular weight is 374 g/mol. The quantitative estimate of drug-likeness (QED) is 0.735. The van der Waals surface area contributed by atoms with Crippen molar-refractivity contribution in [2.24, 2.45) is 5.92 Å². The molecular weight excluding hydrogens is 348 g/mol. The summed E-state index contributed by atoms with van der Waals surface area (Å²) in [5.41, 5.74) is 11.4. The lowest BCUT2D eigenvalue weighted by atomic mass is 9.94. The monoisotopic (exact) mass is 374 g/mol. The van der Waals surface area contributed by atoms with E-state index in [4.69, 9.17) is 0 Å². The molecule has 1 saturated heterocycles. The zero-order valence-electron chi connectivity index (χ0n) is 16.6. The average Bonchev–Trinajstić information content (AvgIpc) is 3.16. The fourth-order valence-electron chi connectivity index (χ4n) is 4.01. The van der Waals surface area contributed by atoms with Crippen LogP contribution in [-0.2, 0) is 0 Å². The number of benzene rings is 2. The summed E-state index contributed by atoms with van der Waals surface area (Å²) in [5, 5.41) is 0.921. The third-order valence-electron chi connectivity index (χ3n) is 5.43. The maximum Gasteiger partial charge on any atom is 0.254 e. The minimum Gasteiger partial charge on any atom is -0.341 e. The van der Waals surface area contributed by atoms with E-state index >= 15 is 0 Å². The zero-order chi connectivity index (χ0) is 19.7. The van der Waals surface area contributed by atoms with Crippen molar-refractivity contribution < 1.29 is 4.79 Å². The highest BCUT2D eigenvalue weighted by molar-refractivity contribution is 6.06. The molecule has 144 valence electrons. The van der Waals surface area contributed by atoms with Crippen LogP contribution < -0.4 is 10.9 Å². The van der Waals surface area contributed by atoms with Gasteiger partial charge in [-0.2, -0.15) is 0 Å². The Labute approximate surface area is 165 Å². The highest BCUT2D eigenvalue weighted by atomic mass is 16.2. The van der Waals surface area contributed by atoms with Crippen LogP contribution in [0.4, 0.5) is 0 Å². The molecule has 0 spiro atoms. The first kappa shape index (κ1) is 18.6. The first-order valence-corrected chi connectivity index (χ1v) is 9.70. The van der Waals surface area contributed by atoms with Gasteiger partial charge in [-0.1, -0.05) is 42.0 Å². The van der Waals surface area contributed by atoms with E-state index in [1.807, 2.05) is 56.1 Å². The molecule has 1 aliphatic heterocycles. The molecule has 1 aromatic heterocycles. The van der Waals surface area contributed by atoms with Crippen LogP contribution in [0.1, 0.15) is 33.2 Å². The molecule has 1 aliphatic rings. The predicted molar refractivity (Wildman–Crippen MR) is 112 cm³/mol. The molecule has 1 amide bonds. The van der Waals surface area contributed by atoms with Crippen LogP contribution in [-0.4, -0.2) is 35.9 Å². The Bertz CT molecular complexity index is 1000. The molecule has 0 saturated carbocycles. The lowest BCUT2D eigenvalue weighted by Crippen LogP contribution is -2.35. The van der Waals surface area contributed by atoms with Gasteiger partial charge in [0.2, 0.25) is 0 Å². The van der Waals surface area contributed by atoms with Crippen molar-refractivity contribution in [1.82, 2.24) is 20.7 Å². The summed E-state index contributed by atoms with van der Waals surface area (Å²) < 4.78 is 0. The number of fused-ring (bicyclic) bond motifs is 1. The molecule has 28 heavy (non-hydrogen) atoms. The topological polar surface area (TPSA) is 57.3 Å². The maximum absolute atomic E-state index is 13.3. The summed E-state index contributed by atoms with van der Waals surface area (Å²) >= 11 is 0. The Morgan fingerprint density at radius 3 is 2.71 bits per heavy atom. The van der Waals surface area contributed by atoms with Crippen molar-refractivity contribution in [3.05, 3.63) is 77.0 Å². The molecule has 2 unspecified atom stereocenters. The van der Waals surface area contributed by atoms with Gasteiger partial charge >= 0.3 is 0 Å². The standard InChI is InChI=1S/C23H26N4O/c1-15-9-10-21-19(11-15)20(12-16(2)25-21)23(28)27(3)14-18-13-24-26-22(18)17-7-5-4-6-8-17/h4-12,18,22,24,26H,13-14H2,1-3H3. The summed E-state index contributed by atoms with van der Waals surface area (Å²) in [4.78, 5) is 19.7. The molecule has 0 radical (unpaired) electrons. The van der Waals surface area contributed by atoms with Crippen molar-refractivity contribution in [1.29, 1.82) is 0 Å². The third-order valence-corrected chi connectivity index (χ3v) is 5.43. The second kappa shape index (κ2) is 7.70. The number of hydrogen-bond acceptors (Lipinski definition) is 4. The fourth-order valence-corrected chi connectivity index (χ4v) is 4.01. The van der Waals surface area contributed by atoms with Crippen molar-refractivity contribution in [3.8, 4) is 0 Å². The van der Waals surface area contributed by atoms with Gasteiger partial charge in [0.15, 0.2) is 0 Å². The molecule has 0 aliphatic carbocycles. The van der Waals surface area contributed by atoms with E-state index in [0.29, 0.717) is 12.5 Å². The van der Waals surface area contributed by atoms with Crippen LogP contribution in [0.25, 0.3) is 10.9 Å². The fraction of sp³-hybridized carbons (Fsp3) is 0.304. The number of aryl methyl sites for hydroxylation is 2. The summed E-state index contributed by atoms with van der Waals surface area (Å²) in [6, 6.07) is 18.5. The maximum atomic E-state index is 13.3. The Morgan fingerprint density at radius 2 is 1.93 bits per heavy atom. The van der Waals surface area contributed by atoms with Gasteiger partial charge in [0.1, 0.15) is 0 Å². The van der Waals surface area contributed by atoms with Crippen molar-refractivity contribution in [2.75, 3.05) is 20.1 Å². The molecule has 5 nitrogen and oxygen atoms in total. The first-order valence-electron chi connectivity index (χ1n) is 9.70. The predicted octanol–water partition coefficient (Wildman–Crippen LogP) is 3.39. The summed E-state index contributed by atoms with van der Waals surface area (Å²) in [6.07, 6.45) is 0. The van der Waals surface area contributed by atoms with Crippen LogP contribution in [0.15, 0.2) is 54.6 Å². The van der Waals surface area contributed by atoms with E-state index < -0.39 is 0 Å². The molecule has 1 fully saturated rings. The van der Waals surface area contributed by atoms with E-state index in [1.165, 1.54) is 5.56 Å². The molecule has 2 aromatic carbocycles. The molecule has 2 atom stereocenters. The van der Waals surface area contributed by atoms with Crippen LogP contribution >= 0.6 is 0 Å². The van der Waals surface area contributed by atoms with Crippen LogP contribution in [0.2, 0.25) is 0 Å². The summed E-state index contributed by atoms with van der Waals surface area (Å²) in [7, 11) is 1.89. The van der Waals surface area contributed by atoms with E-state index in [-0.39, 0.29) is 11.9 Å². The zero-order valence-corrected chi connectivity index (χ0v) is 16.6. The number of hydrazine groups is 1. The molecular formula is C23H26N4O. The Morgan fingerprint density at radius 1 is 1.14 bits per heavy atom. The second-order valence-electron chi connectivity index (χ2n) is 7.69. The molecule has 2 N–H and O–H groups in total.